The van der Waals surface area contributed by atoms with Crippen LogP contribution in [0.4, 0.5) is 0 Å². The number of rotatable bonds is 6. The molecular formula is C18H18Cl2N2O3. The number of esters is 2. The van der Waals surface area contributed by atoms with Gasteiger partial charge < -0.3 is 16.2 Å². The number of carbonyl (C=O) groups is 2. The van der Waals surface area contributed by atoms with Crippen LogP contribution in [0.1, 0.15) is 11.1 Å². The third-order valence-corrected chi connectivity index (χ3v) is 4.05. The smallest absolute Gasteiger partial charge is 0.330 e. The highest BCUT2D eigenvalue weighted by Gasteiger charge is 2.23. The first kappa shape index (κ1) is 19.4. The Morgan fingerprint density at radius 3 is 1.40 bits per heavy atom. The van der Waals surface area contributed by atoms with E-state index in [0.717, 1.165) is 11.1 Å². The molecule has 4 N–H and O–H groups in total. The highest BCUT2D eigenvalue weighted by Crippen LogP contribution is 2.12. The molecule has 0 bridgehead atoms. The molecule has 2 rings (SSSR count). The van der Waals surface area contributed by atoms with Crippen LogP contribution in [0.3, 0.4) is 0 Å². The van der Waals surface area contributed by atoms with E-state index in [9.17, 15) is 9.59 Å². The van der Waals surface area contributed by atoms with Gasteiger partial charge in [0.25, 0.3) is 0 Å². The predicted molar refractivity (Wildman–Crippen MR) is 97.4 cm³/mol. The van der Waals surface area contributed by atoms with Crippen LogP contribution in [0.2, 0.25) is 10.0 Å². The van der Waals surface area contributed by atoms with Crippen molar-refractivity contribution in [3.63, 3.8) is 0 Å². The van der Waals surface area contributed by atoms with E-state index in [1.54, 1.807) is 48.5 Å². The zero-order chi connectivity index (χ0) is 18.4. The minimum absolute atomic E-state index is 0.232. The lowest BCUT2D eigenvalue weighted by molar-refractivity contribution is -0.161. The summed E-state index contributed by atoms with van der Waals surface area (Å²) in [7, 11) is 0. The van der Waals surface area contributed by atoms with Crippen molar-refractivity contribution in [3.05, 3.63) is 69.7 Å². The number of nitrogens with two attached hydrogens (primary N) is 2. The molecule has 0 saturated carbocycles. The van der Waals surface area contributed by atoms with E-state index in [-0.39, 0.29) is 12.8 Å². The molecule has 0 spiro atoms. The van der Waals surface area contributed by atoms with Crippen LogP contribution in [0, 0.1) is 0 Å². The van der Waals surface area contributed by atoms with Crippen molar-refractivity contribution in [3.8, 4) is 0 Å². The third kappa shape index (κ3) is 6.14. The van der Waals surface area contributed by atoms with Gasteiger partial charge in [-0.1, -0.05) is 47.5 Å². The summed E-state index contributed by atoms with van der Waals surface area (Å²) in [5, 5.41) is 1.17. The molecule has 0 aliphatic carbocycles. The predicted octanol–water partition coefficient (Wildman–Crippen LogP) is 2.50. The Bertz CT molecular complexity index is 669. The third-order valence-electron chi connectivity index (χ3n) is 3.54. The van der Waals surface area contributed by atoms with Gasteiger partial charge in [-0.2, -0.15) is 0 Å². The summed E-state index contributed by atoms with van der Waals surface area (Å²) in [6.07, 6.45) is 0.464. The van der Waals surface area contributed by atoms with Crippen LogP contribution in [0.15, 0.2) is 48.5 Å². The Labute approximate surface area is 155 Å². The van der Waals surface area contributed by atoms with Crippen LogP contribution < -0.4 is 11.5 Å². The van der Waals surface area contributed by atoms with Crippen molar-refractivity contribution in [2.45, 2.75) is 24.9 Å². The maximum absolute atomic E-state index is 12.0. The Balaban J connectivity index is 1.86. The average Bonchev–Trinajstić information content (AvgIpc) is 2.58. The van der Waals surface area contributed by atoms with Gasteiger partial charge in [-0.15, -0.1) is 0 Å². The molecule has 0 fully saturated rings. The van der Waals surface area contributed by atoms with Gasteiger partial charge in [0.05, 0.1) is 0 Å². The van der Waals surface area contributed by atoms with E-state index < -0.39 is 24.0 Å². The SMILES string of the molecule is N[C@@H](Cc1ccc(Cl)cc1)C(=O)OC(=O)[C@@H](N)Cc1ccc(Cl)cc1. The maximum Gasteiger partial charge on any atom is 0.330 e. The summed E-state index contributed by atoms with van der Waals surface area (Å²) < 4.78 is 4.79. The molecule has 0 radical (unpaired) electrons. The van der Waals surface area contributed by atoms with Crippen molar-refractivity contribution in [2.24, 2.45) is 11.5 Å². The summed E-state index contributed by atoms with van der Waals surface area (Å²) in [5.41, 5.74) is 13.2. The monoisotopic (exact) mass is 380 g/mol. The number of carbonyl (C=O) groups excluding carboxylic acids is 2. The molecular weight excluding hydrogens is 363 g/mol. The minimum Gasteiger partial charge on any atom is -0.391 e. The van der Waals surface area contributed by atoms with Crippen LogP contribution >= 0.6 is 23.2 Å². The Morgan fingerprint density at radius 2 is 1.08 bits per heavy atom. The Kier molecular flexibility index (Phi) is 6.96. The molecule has 5 nitrogen and oxygen atoms in total. The minimum atomic E-state index is -0.965. The fourth-order valence-corrected chi connectivity index (χ4v) is 2.42. The molecule has 0 saturated heterocycles. The quantitative estimate of drug-likeness (QED) is 0.592. The summed E-state index contributed by atoms with van der Waals surface area (Å²) in [5.74, 6) is -1.63. The van der Waals surface area contributed by atoms with E-state index >= 15 is 0 Å². The lowest BCUT2D eigenvalue weighted by atomic mass is 10.1. The highest BCUT2D eigenvalue weighted by molar-refractivity contribution is 6.30. The van der Waals surface area contributed by atoms with Crippen LogP contribution in [0.25, 0.3) is 0 Å². The molecule has 0 amide bonds. The van der Waals surface area contributed by atoms with Crippen molar-refractivity contribution in [1.29, 1.82) is 0 Å². The molecule has 132 valence electrons. The maximum atomic E-state index is 12.0. The number of halogens is 2. The number of benzene rings is 2. The molecule has 0 aromatic heterocycles. The first-order valence-electron chi connectivity index (χ1n) is 7.60. The Morgan fingerprint density at radius 1 is 0.760 bits per heavy atom. The van der Waals surface area contributed by atoms with Crippen LogP contribution in [-0.2, 0) is 27.2 Å². The van der Waals surface area contributed by atoms with Crippen molar-refractivity contribution in [1.82, 2.24) is 0 Å². The van der Waals surface area contributed by atoms with Crippen molar-refractivity contribution in [2.75, 3.05) is 0 Å². The largest absolute Gasteiger partial charge is 0.391 e. The topological polar surface area (TPSA) is 95.4 Å². The van der Waals surface area contributed by atoms with Crippen molar-refractivity contribution < 1.29 is 14.3 Å². The normalized spacial score (nSPS) is 13.1. The van der Waals surface area contributed by atoms with Gasteiger partial charge in [-0.3, -0.25) is 0 Å². The second kappa shape index (κ2) is 8.97. The molecule has 0 heterocycles. The van der Waals surface area contributed by atoms with E-state index in [4.69, 9.17) is 39.4 Å². The molecule has 0 aliphatic rings. The van der Waals surface area contributed by atoms with Gasteiger partial charge in [0, 0.05) is 10.0 Å². The van der Waals surface area contributed by atoms with Gasteiger partial charge in [0.1, 0.15) is 12.1 Å². The molecule has 25 heavy (non-hydrogen) atoms. The number of hydrogen-bond donors (Lipinski definition) is 2. The highest BCUT2D eigenvalue weighted by atomic mass is 35.5. The van der Waals surface area contributed by atoms with Gasteiger partial charge in [-0.05, 0) is 48.2 Å². The van der Waals surface area contributed by atoms with E-state index in [0.29, 0.717) is 10.0 Å². The molecule has 2 aromatic carbocycles. The lowest BCUT2D eigenvalue weighted by Crippen LogP contribution is -2.41. The molecule has 7 heteroatoms. The zero-order valence-electron chi connectivity index (χ0n) is 13.3. The number of hydrogen-bond acceptors (Lipinski definition) is 5. The standard InChI is InChI=1S/C18H18Cl2N2O3/c19-13-5-1-11(2-6-13)9-15(21)17(23)25-18(24)16(22)10-12-3-7-14(20)8-4-12/h1-8,15-16H,9-10,21-22H2/t15-,16-/m0/s1. The lowest BCUT2D eigenvalue weighted by Gasteiger charge is -2.14. The van der Waals surface area contributed by atoms with Crippen LogP contribution in [0.5, 0.6) is 0 Å². The fourth-order valence-electron chi connectivity index (χ4n) is 2.17. The molecule has 2 atom stereocenters. The second-order valence-corrected chi connectivity index (χ2v) is 6.49. The first-order valence-corrected chi connectivity index (χ1v) is 8.36. The first-order chi connectivity index (χ1) is 11.8. The van der Waals surface area contributed by atoms with Gasteiger partial charge in [0.15, 0.2) is 0 Å². The van der Waals surface area contributed by atoms with E-state index in [2.05, 4.69) is 0 Å². The van der Waals surface area contributed by atoms with Gasteiger partial charge >= 0.3 is 11.9 Å². The summed E-state index contributed by atoms with van der Waals surface area (Å²) >= 11 is 11.6. The van der Waals surface area contributed by atoms with Crippen molar-refractivity contribution >= 4 is 35.1 Å². The average molecular weight is 381 g/mol. The summed E-state index contributed by atoms with van der Waals surface area (Å²) in [4.78, 5) is 23.9. The molecule has 0 unspecified atom stereocenters. The molecule has 2 aromatic rings. The van der Waals surface area contributed by atoms with E-state index in [1.807, 2.05) is 0 Å². The fraction of sp³-hybridized carbons (Fsp3) is 0.222. The van der Waals surface area contributed by atoms with Crippen LogP contribution in [-0.4, -0.2) is 24.0 Å². The van der Waals surface area contributed by atoms with Gasteiger partial charge in [0.2, 0.25) is 0 Å². The molecule has 0 aliphatic heterocycles. The number of ether oxygens (including phenoxy) is 1. The van der Waals surface area contributed by atoms with E-state index in [1.165, 1.54) is 0 Å². The summed E-state index contributed by atoms with van der Waals surface area (Å²) in [6.45, 7) is 0. The zero-order valence-corrected chi connectivity index (χ0v) is 14.8. The van der Waals surface area contributed by atoms with Gasteiger partial charge in [-0.25, -0.2) is 9.59 Å². The summed E-state index contributed by atoms with van der Waals surface area (Å²) in [6, 6.07) is 11.9. The second-order valence-electron chi connectivity index (χ2n) is 5.61. The Hall–Kier alpha value is -1.92.